The van der Waals surface area contributed by atoms with Crippen LogP contribution in [0.25, 0.3) is 21.9 Å². The molecular weight excluding hydrogens is 366 g/mol. The van der Waals surface area contributed by atoms with Gasteiger partial charge in [-0.1, -0.05) is 0 Å². The van der Waals surface area contributed by atoms with Crippen LogP contribution < -0.4 is 14.4 Å². The molecule has 7 heteroatoms. The van der Waals surface area contributed by atoms with E-state index in [4.69, 9.17) is 9.47 Å². The fourth-order valence-electron chi connectivity index (χ4n) is 4.63. The summed E-state index contributed by atoms with van der Waals surface area (Å²) < 4.78 is 11.8. The van der Waals surface area contributed by atoms with Crippen LogP contribution in [0.3, 0.4) is 0 Å². The second kappa shape index (κ2) is 8.06. The van der Waals surface area contributed by atoms with E-state index in [9.17, 15) is 0 Å². The number of nitrogens with one attached hydrogen (secondary N) is 1. The fourth-order valence-corrected chi connectivity index (χ4v) is 4.63. The highest BCUT2D eigenvalue weighted by Gasteiger charge is 2.21. The van der Waals surface area contributed by atoms with Gasteiger partial charge in [-0.3, -0.25) is 0 Å². The minimum Gasteiger partial charge on any atom is -0.493 e. The van der Waals surface area contributed by atoms with Crippen molar-refractivity contribution in [2.75, 3.05) is 51.3 Å². The number of methoxy groups -OCH3 is 1. The van der Waals surface area contributed by atoms with Crippen LogP contribution >= 0.6 is 0 Å². The summed E-state index contributed by atoms with van der Waals surface area (Å²) in [6.07, 6.45) is 7.76. The van der Waals surface area contributed by atoms with E-state index in [-0.39, 0.29) is 0 Å². The summed E-state index contributed by atoms with van der Waals surface area (Å²) in [6.45, 7) is 6.35. The quantitative estimate of drug-likeness (QED) is 0.617. The Morgan fingerprint density at radius 2 is 1.79 bits per heavy atom. The average Bonchev–Trinajstić information content (AvgIpc) is 3.51. The number of aromatic nitrogens is 3. The highest BCUT2D eigenvalue weighted by molar-refractivity contribution is 6.12. The van der Waals surface area contributed by atoms with Gasteiger partial charge in [0.25, 0.3) is 0 Å². The van der Waals surface area contributed by atoms with Crippen molar-refractivity contribution in [2.45, 2.75) is 32.1 Å². The third kappa shape index (κ3) is 3.59. The monoisotopic (exact) mass is 395 g/mol. The SMILES string of the molecule is COc1cc2c(cc1OCCCN1CCCC1)[nH]c1ncnc(N3CCCC3)c12. The summed E-state index contributed by atoms with van der Waals surface area (Å²) in [5.74, 6) is 2.56. The van der Waals surface area contributed by atoms with Crippen LogP contribution in [-0.4, -0.2) is 66.3 Å². The highest BCUT2D eigenvalue weighted by Crippen LogP contribution is 2.38. The third-order valence-electron chi connectivity index (χ3n) is 6.13. The zero-order valence-electron chi connectivity index (χ0n) is 17.1. The molecule has 0 atom stereocenters. The number of aromatic amines is 1. The number of nitrogens with zero attached hydrogens (tertiary/aromatic N) is 4. The lowest BCUT2D eigenvalue weighted by Crippen LogP contribution is -2.21. The van der Waals surface area contributed by atoms with Gasteiger partial charge < -0.3 is 24.3 Å². The van der Waals surface area contributed by atoms with E-state index in [0.29, 0.717) is 6.61 Å². The molecule has 154 valence electrons. The number of hydrogen-bond acceptors (Lipinski definition) is 6. The van der Waals surface area contributed by atoms with E-state index in [0.717, 1.165) is 65.3 Å². The van der Waals surface area contributed by atoms with Gasteiger partial charge in [0.15, 0.2) is 11.5 Å². The summed E-state index contributed by atoms with van der Waals surface area (Å²) in [5, 5.41) is 2.16. The number of rotatable bonds is 7. The molecule has 1 aromatic carbocycles. The lowest BCUT2D eigenvalue weighted by molar-refractivity contribution is 0.254. The molecule has 0 spiro atoms. The number of likely N-dealkylation sites (tertiary alicyclic amines) is 1. The summed E-state index contributed by atoms with van der Waals surface area (Å²) in [4.78, 5) is 17.4. The Bertz CT molecular complexity index is 990. The minimum absolute atomic E-state index is 0.692. The molecule has 3 aromatic rings. The lowest BCUT2D eigenvalue weighted by atomic mass is 10.1. The molecule has 29 heavy (non-hydrogen) atoms. The van der Waals surface area contributed by atoms with Gasteiger partial charge in [-0.2, -0.15) is 0 Å². The summed E-state index contributed by atoms with van der Waals surface area (Å²) in [6, 6.07) is 4.10. The second-order valence-corrected chi connectivity index (χ2v) is 8.04. The fraction of sp³-hybridized carbons (Fsp3) is 0.545. The third-order valence-corrected chi connectivity index (χ3v) is 6.13. The van der Waals surface area contributed by atoms with Gasteiger partial charge in [-0.25, -0.2) is 9.97 Å². The number of anilines is 1. The van der Waals surface area contributed by atoms with Crippen LogP contribution in [0.5, 0.6) is 11.5 Å². The molecule has 0 radical (unpaired) electrons. The lowest BCUT2D eigenvalue weighted by Gasteiger charge is -2.17. The zero-order valence-corrected chi connectivity index (χ0v) is 17.1. The number of benzene rings is 1. The highest BCUT2D eigenvalue weighted by atomic mass is 16.5. The van der Waals surface area contributed by atoms with Crippen molar-refractivity contribution in [3.63, 3.8) is 0 Å². The Labute approximate surface area is 171 Å². The molecule has 2 aliphatic heterocycles. The molecule has 0 aliphatic carbocycles. The molecular formula is C22H29N5O2. The maximum Gasteiger partial charge on any atom is 0.163 e. The molecule has 2 aliphatic rings. The first-order valence-corrected chi connectivity index (χ1v) is 10.8. The smallest absolute Gasteiger partial charge is 0.163 e. The maximum atomic E-state index is 6.10. The second-order valence-electron chi connectivity index (χ2n) is 8.04. The Hall–Kier alpha value is -2.54. The van der Waals surface area contributed by atoms with Crippen molar-refractivity contribution in [2.24, 2.45) is 0 Å². The molecule has 4 heterocycles. The van der Waals surface area contributed by atoms with Gasteiger partial charge in [-0.15, -0.1) is 0 Å². The predicted molar refractivity (Wildman–Crippen MR) is 115 cm³/mol. The molecule has 2 saturated heterocycles. The number of fused-ring (bicyclic) bond motifs is 3. The Kier molecular flexibility index (Phi) is 5.14. The van der Waals surface area contributed by atoms with Gasteiger partial charge in [0, 0.05) is 31.1 Å². The Morgan fingerprint density at radius 3 is 2.59 bits per heavy atom. The predicted octanol–water partition coefficient (Wildman–Crippen LogP) is 3.58. The van der Waals surface area contributed by atoms with Crippen LogP contribution in [-0.2, 0) is 0 Å². The van der Waals surface area contributed by atoms with Crippen LogP contribution in [0.15, 0.2) is 18.5 Å². The van der Waals surface area contributed by atoms with E-state index < -0.39 is 0 Å². The Balaban J connectivity index is 1.42. The first-order valence-electron chi connectivity index (χ1n) is 10.8. The maximum absolute atomic E-state index is 6.10. The van der Waals surface area contributed by atoms with E-state index in [1.807, 2.05) is 6.07 Å². The van der Waals surface area contributed by atoms with Crippen molar-refractivity contribution < 1.29 is 9.47 Å². The van der Waals surface area contributed by atoms with Gasteiger partial charge in [0.1, 0.15) is 17.8 Å². The molecule has 0 amide bonds. The number of H-pyrrole nitrogens is 1. The molecule has 5 rings (SSSR count). The standard InChI is InChI=1S/C22H29N5O2/c1-28-18-13-16-17(14-19(18)29-12-6-9-26-7-2-3-8-26)25-21-20(16)22(24-15-23-21)27-10-4-5-11-27/h13-15H,2-12H2,1H3,(H,23,24,25). The molecule has 0 saturated carbocycles. The van der Waals surface area contributed by atoms with Crippen LogP contribution in [0.2, 0.25) is 0 Å². The topological polar surface area (TPSA) is 66.5 Å². The molecule has 0 bridgehead atoms. The molecule has 2 fully saturated rings. The van der Waals surface area contributed by atoms with Gasteiger partial charge >= 0.3 is 0 Å². The normalized spacial score (nSPS) is 17.6. The van der Waals surface area contributed by atoms with Crippen molar-refractivity contribution in [1.82, 2.24) is 19.9 Å². The summed E-state index contributed by atoms with van der Waals surface area (Å²) in [5.41, 5.74) is 1.88. The first-order chi connectivity index (χ1) is 14.3. The Morgan fingerprint density at radius 1 is 1.00 bits per heavy atom. The van der Waals surface area contributed by atoms with Gasteiger partial charge in [-0.05, 0) is 51.3 Å². The van der Waals surface area contributed by atoms with E-state index >= 15 is 0 Å². The van der Waals surface area contributed by atoms with Crippen molar-refractivity contribution in [3.05, 3.63) is 18.5 Å². The number of ether oxygens (including phenoxy) is 2. The van der Waals surface area contributed by atoms with Crippen molar-refractivity contribution >= 4 is 27.8 Å². The zero-order chi connectivity index (χ0) is 19.6. The van der Waals surface area contributed by atoms with Crippen LogP contribution in [0.1, 0.15) is 32.1 Å². The van der Waals surface area contributed by atoms with Crippen molar-refractivity contribution in [1.29, 1.82) is 0 Å². The van der Waals surface area contributed by atoms with E-state index in [2.05, 4.69) is 30.8 Å². The van der Waals surface area contributed by atoms with Crippen LogP contribution in [0, 0.1) is 0 Å². The van der Waals surface area contributed by atoms with Crippen LogP contribution in [0.4, 0.5) is 5.82 Å². The largest absolute Gasteiger partial charge is 0.493 e. The number of hydrogen-bond donors (Lipinski definition) is 1. The average molecular weight is 396 g/mol. The van der Waals surface area contributed by atoms with Gasteiger partial charge in [0.2, 0.25) is 0 Å². The minimum atomic E-state index is 0.692. The first kappa shape index (κ1) is 18.5. The summed E-state index contributed by atoms with van der Waals surface area (Å²) in [7, 11) is 1.70. The summed E-state index contributed by atoms with van der Waals surface area (Å²) >= 11 is 0. The molecule has 1 N–H and O–H groups in total. The van der Waals surface area contributed by atoms with E-state index in [1.165, 1.54) is 38.8 Å². The van der Waals surface area contributed by atoms with E-state index in [1.54, 1.807) is 13.4 Å². The van der Waals surface area contributed by atoms with Gasteiger partial charge in [0.05, 0.1) is 24.6 Å². The van der Waals surface area contributed by atoms with Crippen molar-refractivity contribution in [3.8, 4) is 11.5 Å². The molecule has 0 unspecified atom stereocenters. The molecule has 7 nitrogen and oxygen atoms in total. The molecule has 2 aromatic heterocycles.